The summed E-state index contributed by atoms with van der Waals surface area (Å²) in [5.74, 6) is 1.67. The highest BCUT2D eigenvalue weighted by Crippen LogP contribution is 2.43. The number of hydrogen-bond donors (Lipinski definition) is 1. The Morgan fingerprint density at radius 3 is 2.26 bits per heavy atom. The maximum Gasteiger partial charge on any atom is 0.227 e. The first-order chi connectivity index (χ1) is 21.9. The first-order valence-electron chi connectivity index (χ1n) is 16.4. The predicted molar refractivity (Wildman–Crippen MR) is 183 cm³/mol. The van der Waals surface area contributed by atoms with Crippen molar-refractivity contribution < 1.29 is 23.1 Å². The highest BCUT2D eigenvalue weighted by molar-refractivity contribution is 7.90. The second kappa shape index (κ2) is 14.5. The van der Waals surface area contributed by atoms with E-state index in [0.717, 1.165) is 67.5 Å². The van der Waals surface area contributed by atoms with Crippen molar-refractivity contribution in [1.29, 1.82) is 0 Å². The van der Waals surface area contributed by atoms with Gasteiger partial charge in [0.15, 0.2) is 9.84 Å². The molecule has 246 valence electrons. The number of aryl methyl sites for hydroxylation is 1. The van der Waals surface area contributed by atoms with Gasteiger partial charge in [-0.1, -0.05) is 72.3 Å². The normalized spacial score (nSPS) is 21.2. The molecule has 0 aromatic heterocycles. The molecule has 1 saturated carbocycles. The molecule has 3 aromatic carbocycles. The number of allylic oxidation sites excluding steroid dienone is 1. The number of aliphatic hydroxyl groups excluding tert-OH is 1. The van der Waals surface area contributed by atoms with Crippen molar-refractivity contribution in [3.63, 3.8) is 0 Å². The van der Waals surface area contributed by atoms with E-state index < -0.39 is 21.5 Å². The molecule has 1 aliphatic carbocycles. The van der Waals surface area contributed by atoms with Crippen LogP contribution in [0.3, 0.4) is 0 Å². The van der Waals surface area contributed by atoms with Crippen LogP contribution in [-0.2, 0) is 27.6 Å². The largest absolute Gasteiger partial charge is 0.485 e. The molecule has 7 nitrogen and oxygen atoms in total. The van der Waals surface area contributed by atoms with Crippen molar-refractivity contribution in [2.24, 2.45) is 5.92 Å². The van der Waals surface area contributed by atoms with Crippen molar-refractivity contribution in [2.45, 2.75) is 75.5 Å². The molecule has 2 aliphatic heterocycles. The molecule has 3 aliphatic rings. The third-order valence-corrected chi connectivity index (χ3v) is 10.3. The van der Waals surface area contributed by atoms with Crippen LogP contribution in [0, 0.1) is 12.8 Å². The summed E-state index contributed by atoms with van der Waals surface area (Å²) in [5, 5.41) is 11.1. The number of piperazine rings is 1. The first-order valence-corrected chi connectivity index (χ1v) is 18.3. The Morgan fingerprint density at radius 2 is 1.63 bits per heavy atom. The number of carbonyl (C=O) groups excluding carboxylic acids is 1. The molecule has 1 saturated heterocycles. The summed E-state index contributed by atoms with van der Waals surface area (Å²) in [6.45, 7) is 10.1. The average Bonchev–Trinajstić information content (AvgIpc) is 3.85. The van der Waals surface area contributed by atoms with Gasteiger partial charge in [-0.15, -0.1) is 0 Å². The quantitative estimate of drug-likeness (QED) is 0.306. The van der Waals surface area contributed by atoms with Gasteiger partial charge in [0.25, 0.3) is 0 Å². The Morgan fingerprint density at radius 1 is 0.957 bits per heavy atom. The fraction of sp³-hybridized carbons (Fsp3) is 0.447. The fourth-order valence-corrected chi connectivity index (χ4v) is 6.69. The summed E-state index contributed by atoms with van der Waals surface area (Å²) in [6.07, 6.45) is 9.04. The molecule has 2 heterocycles. The van der Waals surface area contributed by atoms with E-state index in [2.05, 4.69) is 47.4 Å². The van der Waals surface area contributed by atoms with Crippen molar-refractivity contribution in [3.8, 4) is 5.75 Å². The number of amides is 1. The van der Waals surface area contributed by atoms with E-state index in [1.165, 1.54) is 24.7 Å². The predicted octanol–water partition coefficient (Wildman–Crippen LogP) is 5.94. The van der Waals surface area contributed by atoms with E-state index in [0.29, 0.717) is 11.3 Å². The number of sulfone groups is 1. The third kappa shape index (κ3) is 9.08. The van der Waals surface area contributed by atoms with Crippen molar-refractivity contribution in [1.82, 2.24) is 9.80 Å². The lowest BCUT2D eigenvalue weighted by Crippen LogP contribution is -2.49. The van der Waals surface area contributed by atoms with Gasteiger partial charge in [0, 0.05) is 50.5 Å². The zero-order valence-corrected chi connectivity index (χ0v) is 28.4. The summed E-state index contributed by atoms with van der Waals surface area (Å²) < 4.78 is 28.0. The van der Waals surface area contributed by atoms with Gasteiger partial charge >= 0.3 is 0 Å². The van der Waals surface area contributed by atoms with Gasteiger partial charge in [0.2, 0.25) is 5.91 Å². The van der Waals surface area contributed by atoms with Gasteiger partial charge < -0.3 is 14.7 Å². The molecular weight excluding hydrogens is 596 g/mol. The minimum Gasteiger partial charge on any atom is -0.485 e. The fourth-order valence-electron chi connectivity index (χ4n) is 6.06. The molecular formula is C38H48N2O5S. The van der Waals surface area contributed by atoms with Gasteiger partial charge in [0.1, 0.15) is 17.5 Å². The lowest BCUT2D eigenvalue weighted by atomic mass is 9.80. The molecule has 0 radical (unpaired) electrons. The highest BCUT2D eigenvalue weighted by Gasteiger charge is 2.42. The summed E-state index contributed by atoms with van der Waals surface area (Å²) >= 11 is 0. The minimum atomic E-state index is -3.02. The first kappa shape index (κ1) is 33.9. The van der Waals surface area contributed by atoms with E-state index in [4.69, 9.17) is 4.74 Å². The number of benzene rings is 3. The maximum atomic E-state index is 13.1. The van der Waals surface area contributed by atoms with Crippen molar-refractivity contribution in [2.75, 3.05) is 32.4 Å². The van der Waals surface area contributed by atoms with Crippen LogP contribution in [-0.4, -0.2) is 73.4 Å². The number of fused-ring (bicyclic) bond motifs is 1. The Balaban J connectivity index is 0.000000322. The van der Waals surface area contributed by atoms with Crippen LogP contribution in [0.1, 0.15) is 61.3 Å². The number of carbonyl (C=O) groups is 1. The molecule has 2 fully saturated rings. The molecule has 1 amide bonds. The number of nitrogens with zero attached hydrogens (tertiary/aromatic N) is 2. The van der Waals surface area contributed by atoms with Crippen LogP contribution < -0.4 is 4.74 Å². The lowest BCUT2D eigenvalue weighted by Gasteiger charge is -2.41. The van der Waals surface area contributed by atoms with E-state index in [1.54, 1.807) is 24.3 Å². The highest BCUT2D eigenvalue weighted by atomic mass is 32.2. The maximum absolute atomic E-state index is 13.1. The Hall–Kier alpha value is -3.46. The van der Waals surface area contributed by atoms with Crippen LogP contribution in [0.2, 0.25) is 0 Å². The van der Waals surface area contributed by atoms with E-state index in [1.807, 2.05) is 43.9 Å². The number of hydrogen-bond acceptors (Lipinski definition) is 6. The summed E-state index contributed by atoms with van der Waals surface area (Å²) in [5.41, 5.74) is 3.70. The lowest BCUT2D eigenvalue weighted by molar-refractivity contribution is -0.132. The molecule has 46 heavy (non-hydrogen) atoms. The summed E-state index contributed by atoms with van der Waals surface area (Å²) in [7, 11) is -3.02. The van der Waals surface area contributed by atoms with Crippen LogP contribution in [0.25, 0.3) is 0 Å². The monoisotopic (exact) mass is 644 g/mol. The second-order valence-corrected chi connectivity index (χ2v) is 15.6. The topological polar surface area (TPSA) is 87.2 Å². The van der Waals surface area contributed by atoms with E-state index in [9.17, 15) is 18.3 Å². The smallest absolute Gasteiger partial charge is 0.227 e. The number of aliphatic hydroxyl groups is 1. The van der Waals surface area contributed by atoms with Crippen molar-refractivity contribution in [3.05, 3.63) is 107 Å². The van der Waals surface area contributed by atoms with E-state index in [-0.39, 0.29) is 11.8 Å². The molecule has 8 heteroatoms. The molecule has 0 spiro atoms. The average molecular weight is 645 g/mol. The summed E-state index contributed by atoms with van der Waals surface area (Å²) in [6, 6.07) is 23.4. The van der Waals surface area contributed by atoms with Gasteiger partial charge in [0.05, 0.1) is 11.3 Å². The summed E-state index contributed by atoms with van der Waals surface area (Å²) in [4.78, 5) is 17.9. The van der Waals surface area contributed by atoms with Gasteiger partial charge in [-0.3, -0.25) is 9.69 Å². The van der Waals surface area contributed by atoms with E-state index >= 15 is 0 Å². The Labute approximate surface area is 274 Å². The zero-order chi connectivity index (χ0) is 32.9. The van der Waals surface area contributed by atoms with Crippen LogP contribution in [0.15, 0.2) is 89.8 Å². The number of rotatable bonds is 8. The SMILES string of the molecule is CC1(C)Oc2ccc(CC(=O)N3CCN(Cc4ccccc4)CC3)cc2[C@@H](/C=C\CC2CC2)[C@@H]1O.Cc1ccc(S(C)(=O)=O)cc1. The molecule has 6 rings (SSSR count). The number of ether oxygens (including phenoxy) is 1. The Bertz CT molecular complexity index is 1610. The van der Waals surface area contributed by atoms with Gasteiger partial charge in [-0.25, -0.2) is 8.42 Å². The molecule has 2 atom stereocenters. The standard InChI is InChI=1S/C30H38N2O3.C8H10O2S/c1-30(2)29(34)25(10-6-9-22-11-12-22)26-19-24(13-14-27(26)35-30)20-28(33)32-17-15-31(16-18-32)21-23-7-4-3-5-8-23;1-7-3-5-8(6-4-7)11(2,9)10/h3-8,10,13-14,19,22,25,29,34H,9,11-12,15-18,20-21H2,1-2H3;3-6H,1-2H3/b10-6-;/t25-,29+;/m1./s1. The van der Waals surface area contributed by atoms with Gasteiger partial charge in [-0.05, 0) is 75.3 Å². The van der Waals surface area contributed by atoms with Crippen LogP contribution >= 0.6 is 0 Å². The van der Waals surface area contributed by atoms with Gasteiger partial charge in [-0.2, -0.15) is 0 Å². The molecule has 0 bridgehead atoms. The minimum absolute atomic E-state index is 0.121. The van der Waals surface area contributed by atoms with Crippen LogP contribution in [0.5, 0.6) is 5.75 Å². The van der Waals surface area contributed by atoms with Crippen LogP contribution in [0.4, 0.5) is 0 Å². The zero-order valence-electron chi connectivity index (χ0n) is 27.6. The Kier molecular flexibility index (Phi) is 10.7. The second-order valence-electron chi connectivity index (χ2n) is 13.6. The molecule has 3 aromatic rings. The molecule has 0 unspecified atom stereocenters. The van der Waals surface area contributed by atoms with Crippen molar-refractivity contribution >= 4 is 15.7 Å². The third-order valence-electron chi connectivity index (χ3n) is 9.15. The molecule has 1 N–H and O–H groups in total.